The molecule has 2 aliphatic heterocycles. The van der Waals surface area contributed by atoms with E-state index < -0.39 is 5.97 Å². The van der Waals surface area contributed by atoms with Crippen molar-refractivity contribution in [3.8, 4) is 0 Å². The summed E-state index contributed by atoms with van der Waals surface area (Å²) in [4.78, 5) is 13.4. The molecule has 0 spiro atoms. The minimum atomic E-state index is -0.893. The summed E-state index contributed by atoms with van der Waals surface area (Å²) in [5, 5.41) is 15.8. The predicted molar refractivity (Wildman–Crippen MR) is 98.1 cm³/mol. The second-order valence-corrected chi connectivity index (χ2v) is 6.22. The highest BCUT2D eigenvalue weighted by molar-refractivity contribution is 5.87. The van der Waals surface area contributed by atoms with Crippen molar-refractivity contribution in [1.29, 1.82) is 0 Å². The van der Waals surface area contributed by atoms with Crippen LogP contribution in [0.25, 0.3) is 5.32 Å². The molecule has 1 aromatic carbocycles. The average Bonchev–Trinajstić information content (AvgIpc) is 2.64. The number of hydrogen-bond donors (Lipinski definition) is 2. The van der Waals surface area contributed by atoms with E-state index in [1.165, 1.54) is 5.70 Å². The van der Waals surface area contributed by atoms with E-state index in [0.29, 0.717) is 5.56 Å². The first kappa shape index (κ1) is 17.2. The van der Waals surface area contributed by atoms with Crippen LogP contribution in [0.3, 0.4) is 0 Å². The van der Waals surface area contributed by atoms with Crippen molar-refractivity contribution in [2.45, 2.75) is 12.6 Å². The molecule has 0 saturated carbocycles. The number of quaternary nitrogens is 1. The van der Waals surface area contributed by atoms with Gasteiger partial charge in [0, 0.05) is 6.54 Å². The summed E-state index contributed by atoms with van der Waals surface area (Å²) < 4.78 is 0. The molecule has 0 bridgehead atoms. The molecule has 0 aliphatic carbocycles. The Labute approximate surface area is 148 Å². The molecule has 0 amide bonds. The molecule has 0 radical (unpaired) electrons. The van der Waals surface area contributed by atoms with Crippen LogP contribution in [-0.2, 0) is 6.54 Å². The Bertz CT molecular complexity index is 717. The standard InChI is InChI=1S/C20H22N3O2/c24-20(25)17-9-7-16(8-10-17)13-23(14-18-5-1-3-11-21-18)15-19-6-2-4-12-22-19/h1-11,18,22H,12-15H2,(H,24,25)/q-1/p+1. The Morgan fingerprint density at radius 1 is 1.20 bits per heavy atom. The molecule has 1 atom stereocenters. The van der Waals surface area contributed by atoms with Crippen LogP contribution in [0, 0.1) is 0 Å². The lowest BCUT2D eigenvalue weighted by Gasteiger charge is -2.34. The highest BCUT2D eigenvalue weighted by Crippen LogP contribution is 2.14. The van der Waals surface area contributed by atoms with E-state index in [4.69, 9.17) is 5.11 Å². The number of allylic oxidation sites excluding steroid dienone is 4. The highest BCUT2D eigenvalue weighted by atomic mass is 16.4. The highest BCUT2D eigenvalue weighted by Gasteiger charge is 2.14. The minimum absolute atomic E-state index is 0.156. The summed E-state index contributed by atoms with van der Waals surface area (Å²) in [7, 11) is 0. The molecule has 1 unspecified atom stereocenters. The maximum Gasteiger partial charge on any atom is 0.335 e. The first-order valence-corrected chi connectivity index (χ1v) is 8.47. The summed E-state index contributed by atoms with van der Waals surface area (Å²) in [6.07, 6.45) is 14.3. The third kappa shape index (κ3) is 5.17. The van der Waals surface area contributed by atoms with Gasteiger partial charge in [-0.25, -0.2) is 4.79 Å². The molecule has 0 saturated heterocycles. The number of nitrogens with two attached hydrogens (primary N) is 1. The fourth-order valence-electron chi connectivity index (χ4n) is 2.95. The Balaban J connectivity index is 1.69. The molecule has 3 rings (SSSR count). The lowest BCUT2D eigenvalue weighted by molar-refractivity contribution is -0.599. The van der Waals surface area contributed by atoms with Crippen molar-refractivity contribution >= 4 is 5.97 Å². The third-order valence-corrected chi connectivity index (χ3v) is 4.23. The van der Waals surface area contributed by atoms with Crippen LogP contribution >= 0.6 is 0 Å². The van der Waals surface area contributed by atoms with Gasteiger partial charge >= 0.3 is 5.97 Å². The van der Waals surface area contributed by atoms with Crippen molar-refractivity contribution in [1.82, 2.24) is 4.90 Å². The predicted octanol–water partition coefficient (Wildman–Crippen LogP) is 2.03. The maximum atomic E-state index is 11.0. The number of rotatable bonds is 7. The van der Waals surface area contributed by atoms with Gasteiger partial charge in [0.2, 0.25) is 0 Å². The normalized spacial score (nSPS) is 18.9. The van der Waals surface area contributed by atoms with Crippen molar-refractivity contribution in [3.63, 3.8) is 0 Å². The number of nitrogens with zero attached hydrogens (tertiary/aromatic N) is 2. The summed E-state index contributed by atoms with van der Waals surface area (Å²) in [5.41, 5.74) is 2.73. The largest absolute Gasteiger partial charge is 0.684 e. The zero-order valence-electron chi connectivity index (χ0n) is 14.1. The van der Waals surface area contributed by atoms with Crippen LogP contribution in [-0.4, -0.2) is 41.7 Å². The first-order chi connectivity index (χ1) is 12.2. The fourth-order valence-corrected chi connectivity index (χ4v) is 2.95. The van der Waals surface area contributed by atoms with Gasteiger partial charge in [0.15, 0.2) is 0 Å². The number of carbonyl (C=O) groups is 1. The van der Waals surface area contributed by atoms with Crippen LogP contribution in [0.2, 0.25) is 0 Å². The minimum Gasteiger partial charge on any atom is -0.684 e. The van der Waals surface area contributed by atoms with Crippen molar-refractivity contribution in [2.75, 3.05) is 19.6 Å². The van der Waals surface area contributed by atoms with Gasteiger partial charge in [-0.15, -0.1) is 0 Å². The topological polar surface area (TPSA) is 71.2 Å². The number of carboxylic acids is 1. The second kappa shape index (κ2) is 8.46. The molecule has 2 aliphatic rings. The SMILES string of the molecule is O=C(O)c1ccc(CN(CC2=CC=CC[NH2+]2)CC2C=CC=C[N-]2)cc1. The molecule has 3 N–H and O–H groups in total. The Morgan fingerprint density at radius 3 is 2.68 bits per heavy atom. The quantitative estimate of drug-likeness (QED) is 0.800. The van der Waals surface area contributed by atoms with Gasteiger partial charge in [0.05, 0.1) is 18.7 Å². The van der Waals surface area contributed by atoms with Gasteiger partial charge < -0.3 is 15.7 Å². The molecular formula is C20H23N3O2. The lowest BCUT2D eigenvalue weighted by atomic mass is 10.1. The molecule has 5 nitrogen and oxygen atoms in total. The summed E-state index contributed by atoms with van der Waals surface area (Å²) in [5.74, 6) is -0.893. The van der Waals surface area contributed by atoms with Crippen molar-refractivity contribution in [3.05, 3.63) is 89.1 Å². The van der Waals surface area contributed by atoms with Crippen LogP contribution in [0.1, 0.15) is 15.9 Å². The second-order valence-electron chi connectivity index (χ2n) is 6.22. The number of hydrogen-bond acceptors (Lipinski definition) is 2. The number of carboxylic acid groups (broad SMARTS) is 1. The van der Waals surface area contributed by atoms with Crippen LogP contribution in [0.15, 0.2) is 72.6 Å². The zero-order valence-corrected chi connectivity index (χ0v) is 14.1. The summed E-state index contributed by atoms with van der Waals surface area (Å²) >= 11 is 0. The summed E-state index contributed by atoms with van der Waals surface area (Å²) in [6, 6.07) is 7.27. The average molecular weight is 337 g/mol. The Hall–Kier alpha value is -2.63. The zero-order chi connectivity index (χ0) is 17.5. The molecule has 2 heterocycles. The molecule has 130 valence electrons. The van der Waals surface area contributed by atoms with Crippen molar-refractivity contribution in [2.24, 2.45) is 0 Å². The monoisotopic (exact) mass is 337 g/mol. The van der Waals surface area contributed by atoms with E-state index in [1.54, 1.807) is 12.1 Å². The lowest BCUT2D eigenvalue weighted by Crippen LogP contribution is -2.83. The van der Waals surface area contributed by atoms with E-state index in [1.807, 2.05) is 30.5 Å². The molecule has 0 aromatic heterocycles. The Kier molecular flexibility index (Phi) is 5.82. The van der Waals surface area contributed by atoms with E-state index in [2.05, 4.69) is 39.8 Å². The fraction of sp³-hybridized carbons (Fsp3) is 0.250. The Morgan fingerprint density at radius 2 is 2.04 bits per heavy atom. The molecule has 5 heteroatoms. The van der Waals surface area contributed by atoms with Gasteiger partial charge in [-0.2, -0.15) is 6.20 Å². The van der Waals surface area contributed by atoms with Gasteiger partial charge in [-0.05, 0) is 36.4 Å². The third-order valence-electron chi connectivity index (χ3n) is 4.23. The van der Waals surface area contributed by atoms with Crippen LogP contribution in [0.4, 0.5) is 0 Å². The van der Waals surface area contributed by atoms with E-state index in [-0.39, 0.29) is 6.04 Å². The summed E-state index contributed by atoms with van der Waals surface area (Å²) in [6.45, 7) is 3.42. The van der Waals surface area contributed by atoms with Crippen molar-refractivity contribution < 1.29 is 15.2 Å². The van der Waals surface area contributed by atoms with Crippen LogP contribution < -0.4 is 5.32 Å². The molecule has 1 aromatic rings. The molecular weight excluding hydrogens is 314 g/mol. The molecule has 25 heavy (non-hydrogen) atoms. The first-order valence-electron chi connectivity index (χ1n) is 8.47. The smallest absolute Gasteiger partial charge is 0.335 e. The number of aromatic carboxylic acids is 1. The van der Waals surface area contributed by atoms with E-state index >= 15 is 0 Å². The van der Waals surface area contributed by atoms with E-state index in [9.17, 15) is 4.79 Å². The maximum absolute atomic E-state index is 11.0. The number of benzene rings is 1. The van der Waals surface area contributed by atoms with Gasteiger partial charge in [0.1, 0.15) is 5.70 Å². The van der Waals surface area contributed by atoms with E-state index in [0.717, 1.165) is 31.7 Å². The van der Waals surface area contributed by atoms with Gasteiger partial charge in [-0.3, -0.25) is 4.90 Å². The molecule has 0 fully saturated rings. The van der Waals surface area contributed by atoms with Crippen LogP contribution in [0.5, 0.6) is 0 Å². The van der Waals surface area contributed by atoms with Gasteiger partial charge in [0.25, 0.3) is 0 Å². The van der Waals surface area contributed by atoms with Gasteiger partial charge in [-0.1, -0.05) is 42.5 Å².